The number of rotatable bonds is 3. The maximum Gasteiger partial charge on any atom is 0.270 e. The van der Waals surface area contributed by atoms with Crippen molar-refractivity contribution >= 4 is 40.9 Å². The summed E-state index contributed by atoms with van der Waals surface area (Å²) >= 11 is 5.18. The number of thiocarbonyl (C=S) groups is 1. The van der Waals surface area contributed by atoms with Gasteiger partial charge in [-0.3, -0.25) is 19.8 Å². The third-order valence-corrected chi connectivity index (χ3v) is 4.07. The van der Waals surface area contributed by atoms with Crippen molar-refractivity contribution in [1.82, 2.24) is 5.32 Å². The number of benzene rings is 2. The smallest absolute Gasteiger partial charge is 0.270 e. The Morgan fingerprint density at radius 3 is 2.48 bits per heavy atom. The van der Waals surface area contributed by atoms with Crippen LogP contribution in [0.15, 0.2) is 54.1 Å². The average Bonchev–Trinajstić information content (AvgIpc) is 2.59. The number of hydrogen-bond acceptors (Lipinski definition) is 4. The van der Waals surface area contributed by atoms with Gasteiger partial charge in [0.2, 0.25) is 0 Å². The van der Waals surface area contributed by atoms with Gasteiger partial charge in [0.25, 0.3) is 11.8 Å². The first-order chi connectivity index (χ1) is 12.0. The minimum Gasteiger partial charge on any atom is -0.497 e. The lowest BCUT2D eigenvalue weighted by molar-refractivity contribution is -0.122. The van der Waals surface area contributed by atoms with Crippen LogP contribution < -0.4 is 15.0 Å². The summed E-state index contributed by atoms with van der Waals surface area (Å²) in [5.74, 6) is -0.291. The number of carbonyl (C=O) groups excluding carboxylic acids is 2. The summed E-state index contributed by atoms with van der Waals surface area (Å²) in [4.78, 5) is 26.4. The maximum atomic E-state index is 12.9. The number of carbonyl (C=O) groups is 2. The molecule has 1 N–H and O–H groups in total. The Morgan fingerprint density at radius 1 is 1.12 bits per heavy atom. The van der Waals surface area contributed by atoms with Crippen LogP contribution in [0.4, 0.5) is 5.69 Å². The van der Waals surface area contributed by atoms with Gasteiger partial charge in [0.15, 0.2) is 5.11 Å². The fourth-order valence-corrected chi connectivity index (χ4v) is 2.83. The van der Waals surface area contributed by atoms with Crippen molar-refractivity contribution in [3.8, 4) is 5.75 Å². The number of amides is 2. The molecule has 1 saturated heterocycles. The molecule has 0 spiro atoms. The van der Waals surface area contributed by atoms with Gasteiger partial charge in [-0.05, 0) is 55.0 Å². The van der Waals surface area contributed by atoms with E-state index in [0.717, 1.165) is 11.1 Å². The standard InChI is InChI=1S/C19H16N2O3S/c1-12-4-3-5-13(10-12)11-16-17(22)20-19(25)21(18(16)23)14-6-8-15(24-2)9-7-14/h3-11H,1-2H3,(H,20,22,25)/b16-11-. The van der Waals surface area contributed by atoms with Crippen LogP contribution in [0.25, 0.3) is 6.08 Å². The molecular formula is C19H16N2O3S. The molecule has 126 valence electrons. The summed E-state index contributed by atoms with van der Waals surface area (Å²) in [5.41, 5.74) is 2.42. The van der Waals surface area contributed by atoms with Crippen molar-refractivity contribution in [3.63, 3.8) is 0 Å². The van der Waals surface area contributed by atoms with E-state index in [4.69, 9.17) is 17.0 Å². The van der Waals surface area contributed by atoms with Crippen molar-refractivity contribution in [2.45, 2.75) is 6.92 Å². The van der Waals surface area contributed by atoms with Gasteiger partial charge in [0.05, 0.1) is 12.8 Å². The highest BCUT2D eigenvalue weighted by Crippen LogP contribution is 2.24. The first-order valence-corrected chi connectivity index (χ1v) is 8.02. The Morgan fingerprint density at radius 2 is 1.84 bits per heavy atom. The van der Waals surface area contributed by atoms with E-state index in [-0.39, 0.29) is 10.7 Å². The molecule has 0 unspecified atom stereocenters. The van der Waals surface area contributed by atoms with Gasteiger partial charge < -0.3 is 4.74 Å². The van der Waals surface area contributed by atoms with Gasteiger partial charge in [-0.25, -0.2) is 0 Å². The molecule has 6 heteroatoms. The van der Waals surface area contributed by atoms with Crippen LogP contribution in [-0.4, -0.2) is 24.0 Å². The fraction of sp³-hybridized carbons (Fsp3) is 0.105. The fourth-order valence-electron chi connectivity index (χ4n) is 2.55. The molecule has 3 rings (SSSR count). The molecule has 0 atom stereocenters. The van der Waals surface area contributed by atoms with Gasteiger partial charge in [-0.2, -0.15) is 0 Å². The van der Waals surface area contributed by atoms with E-state index in [9.17, 15) is 9.59 Å². The Balaban J connectivity index is 1.99. The van der Waals surface area contributed by atoms with E-state index in [1.54, 1.807) is 37.5 Å². The lowest BCUT2D eigenvalue weighted by atomic mass is 10.1. The van der Waals surface area contributed by atoms with Crippen LogP contribution in [-0.2, 0) is 9.59 Å². The minimum atomic E-state index is -0.499. The van der Waals surface area contributed by atoms with Crippen molar-refractivity contribution in [1.29, 1.82) is 0 Å². The van der Waals surface area contributed by atoms with Gasteiger partial charge in [0, 0.05) is 0 Å². The molecule has 1 fully saturated rings. The first kappa shape index (κ1) is 16.9. The van der Waals surface area contributed by atoms with Gasteiger partial charge in [0.1, 0.15) is 11.3 Å². The normalized spacial score (nSPS) is 16.2. The molecular weight excluding hydrogens is 336 g/mol. The third-order valence-electron chi connectivity index (χ3n) is 3.79. The average molecular weight is 352 g/mol. The molecule has 0 radical (unpaired) electrons. The van der Waals surface area contributed by atoms with Crippen LogP contribution in [0.5, 0.6) is 5.75 Å². The first-order valence-electron chi connectivity index (χ1n) is 7.62. The number of aryl methyl sites for hydroxylation is 1. The molecule has 0 saturated carbocycles. The Bertz CT molecular complexity index is 888. The van der Waals surface area contributed by atoms with E-state index in [2.05, 4.69) is 5.32 Å². The molecule has 1 aliphatic rings. The third kappa shape index (κ3) is 3.44. The predicted molar refractivity (Wildman–Crippen MR) is 100 cm³/mol. The van der Waals surface area contributed by atoms with E-state index < -0.39 is 11.8 Å². The van der Waals surface area contributed by atoms with Crippen LogP contribution in [0, 0.1) is 6.92 Å². The van der Waals surface area contributed by atoms with Gasteiger partial charge >= 0.3 is 0 Å². The molecule has 0 bridgehead atoms. The Kier molecular flexibility index (Phi) is 4.63. The van der Waals surface area contributed by atoms with Crippen LogP contribution in [0.3, 0.4) is 0 Å². The Labute approximate surface area is 150 Å². The topological polar surface area (TPSA) is 58.6 Å². The van der Waals surface area contributed by atoms with Crippen molar-refractivity contribution < 1.29 is 14.3 Å². The summed E-state index contributed by atoms with van der Waals surface area (Å²) in [6, 6.07) is 14.4. The zero-order valence-electron chi connectivity index (χ0n) is 13.8. The lowest BCUT2D eigenvalue weighted by Crippen LogP contribution is -2.54. The number of anilines is 1. The number of methoxy groups -OCH3 is 1. The SMILES string of the molecule is COc1ccc(N2C(=O)/C(=C\c3cccc(C)c3)C(=O)NC2=S)cc1. The number of nitrogens with one attached hydrogen (secondary N) is 1. The number of nitrogens with zero attached hydrogens (tertiary/aromatic N) is 1. The second kappa shape index (κ2) is 6.86. The highest BCUT2D eigenvalue weighted by Gasteiger charge is 2.34. The van der Waals surface area contributed by atoms with Gasteiger partial charge in [-0.15, -0.1) is 0 Å². The van der Waals surface area contributed by atoms with Crippen molar-refractivity contribution in [3.05, 3.63) is 65.2 Å². The molecule has 2 amide bonds. The lowest BCUT2D eigenvalue weighted by Gasteiger charge is -2.29. The molecule has 0 aromatic heterocycles. The van der Waals surface area contributed by atoms with Crippen LogP contribution >= 0.6 is 12.2 Å². The minimum absolute atomic E-state index is 0.0371. The van der Waals surface area contributed by atoms with E-state index in [1.807, 2.05) is 31.2 Å². The van der Waals surface area contributed by atoms with E-state index >= 15 is 0 Å². The summed E-state index contributed by atoms with van der Waals surface area (Å²) in [5, 5.41) is 2.63. The van der Waals surface area contributed by atoms with Crippen LogP contribution in [0.1, 0.15) is 11.1 Å². The van der Waals surface area contributed by atoms with Crippen molar-refractivity contribution in [2.24, 2.45) is 0 Å². The quantitative estimate of drug-likeness (QED) is 0.524. The van der Waals surface area contributed by atoms with Gasteiger partial charge in [-0.1, -0.05) is 29.8 Å². The molecule has 2 aromatic rings. The summed E-state index contributed by atoms with van der Waals surface area (Å²) in [6.07, 6.45) is 1.57. The summed E-state index contributed by atoms with van der Waals surface area (Å²) in [7, 11) is 1.56. The second-order valence-corrected chi connectivity index (χ2v) is 5.96. The van der Waals surface area contributed by atoms with E-state index in [1.165, 1.54) is 4.90 Å². The monoisotopic (exact) mass is 352 g/mol. The second-order valence-electron chi connectivity index (χ2n) is 5.57. The molecule has 1 aliphatic heterocycles. The van der Waals surface area contributed by atoms with Crippen LogP contribution in [0.2, 0.25) is 0 Å². The number of hydrogen-bond donors (Lipinski definition) is 1. The van der Waals surface area contributed by atoms with Crippen molar-refractivity contribution in [2.75, 3.05) is 12.0 Å². The zero-order valence-corrected chi connectivity index (χ0v) is 14.6. The molecule has 2 aromatic carbocycles. The highest BCUT2D eigenvalue weighted by atomic mass is 32.1. The summed E-state index contributed by atoms with van der Waals surface area (Å²) < 4.78 is 5.12. The Hall–Kier alpha value is -2.99. The number of ether oxygens (including phenoxy) is 1. The molecule has 25 heavy (non-hydrogen) atoms. The highest BCUT2D eigenvalue weighted by molar-refractivity contribution is 7.80. The predicted octanol–water partition coefficient (Wildman–Crippen LogP) is 2.83. The molecule has 5 nitrogen and oxygen atoms in total. The molecule has 0 aliphatic carbocycles. The molecule has 1 heterocycles. The largest absolute Gasteiger partial charge is 0.497 e. The zero-order chi connectivity index (χ0) is 18.0. The summed E-state index contributed by atoms with van der Waals surface area (Å²) in [6.45, 7) is 1.95. The van der Waals surface area contributed by atoms with E-state index in [0.29, 0.717) is 11.4 Å². The maximum absolute atomic E-state index is 12.9.